The lowest BCUT2D eigenvalue weighted by atomic mass is 9.98. The van der Waals surface area contributed by atoms with Crippen LogP contribution in [0.5, 0.6) is 0 Å². The molecule has 1 aromatic rings. The van der Waals surface area contributed by atoms with Gasteiger partial charge in [0, 0.05) is 19.1 Å². The number of amides is 2. The fourth-order valence-electron chi connectivity index (χ4n) is 2.75. The van der Waals surface area contributed by atoms with Crippen molar-refractivity contribution in [2.75, 3.05) is 24.6 Å². The second-order valence-electron chi connectivity index (χ2n) is 5.99. The number of carbonyl (C=O) groups excluding carboxylic acids is 1. The van der Waals surface area contributed by atoms with Crippen molar-refractivity contribution in [1.82, 2.24) is 10.2 Å². The number of urea groups is 1. The summed E-state index contributed by atoms with van der Waals surface area (Å²) in [6.07, 6.45) is 0.857. The van der Waals surface area contributed by atoms with Crippen LogP contribution in [0, 0.1) is 0 Å². The lowest BCUT2D eigenvalue weighted by molar-refractivity contribution is 0.185. The van der Waals surface area contributed by atoms with Crippen molar-refractivity contribution in [3.05, 3.63) is 35.9 Å². The first-order chi connectivity index (χ1) is 10.4. The Morgan fingerprint density at radius 3 is 2.68 bits per heavy atom. The molecule has 1 fully saturated rings. The second-order valence-corrected chi connectivity index (χ2v) is 8.22. The van der Waals surface area contributed by atoms with Crippen LogP contribution in [0.3, 0.4) is 0 Å². The Labute approximate surface area is 132 Å². The number of hydrogen-bond acceptors (Lipinski definition) is 3. The standard InChI is InChI=1S/C16H24N2O3S/c1-13(15-6-4-3-5-7-15)8-9-17-16(19)18-10-11-22(20,21)12-14(18)2/h3-7,13-14H,8-12H2,1-2H3,(H,17,19)/t13-,14+/m0/s1. The molecule has 5 nitrogen and oxygen atoms in total. The zero-order chi connectivity index (χ0) is 16.2. The molecule has 0 radical (unpaired) electrons. The highest BCUT2D eigenvalue weighted by Crippen LogP contribution is 2.17. The molecular formula is C16H24N2O3S. The van der Waals surface area contributed by atoms with Gasteiger partial charge in [-0.25, -0.2) is 13.2 Å². The first-order valence-corrected chi connectivity index (χ1v) is 9.51. The highest BCUT2D eigenvalue weighted by atomic mass is 32.2. The van der Waals surface area contributed by atoms with Crippen LogP contribution in [0.1, 0.15) is 31.7 Å². The van der Waals surface area contributed by atoms with E-state index in [2.05, 4.69) is 24.4 Å². The van der Waals surface area contributed by atoms with Crippen LogP contribution >= 0.6 is 0 Å². The summed E-state index contributed by atoms with van der Waals surface area (Å²) < 4.78 is 23.1. The van der Waals surface area contributed by atoms with Gasteiger partial charge in [-0.2, -0.15) is 0 Å². The van der Waals surface area contributed by atoms with E-state index in [0.717, 1.165) is 6.42 Å². The van der Waals surface area contributed by atoms with E-state index in [0.29, 0.717) is 12.5 Å². The zero-order valence-corrected chi connectivity index (χ0v) is 14.0. The molecule has 2 atom stereocenters. The topological polar surface area (TPSA) is 66.5 Å². The van der Waals surface area contributed by atoms with Crippen LogP contribution in [-0.4, -0.2) is 50.0 Å². The predicted octanol–water partition coefficient (Wildman–Crippen LogP) is 2.01. The van der Waals surface area contributed by atoms with Crippen LogP contribution in [0.15, 0.2) is 30.3 Å². The largest absolute Gasteiger partial charge is 0.338 e. The maximum Gasteiger partial charge on any atom is 0.317 e. The van der Waals surface area contributed by atoms with Gasteiger partial charge < -0.3 is 10.2 Å². The molecule has 2 rings (SSSR count). The van der Waals surface area contributed by atoms with Gasteiger partial charge in [0.1, 0.15) is 0 Å². The molecule has 6 heteroatoms. The van der Waals surface area contributed by atoms with Crippen molar-refractivity contribution < 1.29 is 13.2 Å². The predicted molar refractivity (Wildman–Crippen MR) is 87.7 cm³/mol. The van der Waals surface area contributed by atoms with E-state index < -0.39 is 9.84 Å². The number of nitrogens with one attached hydrogen (secondary N) is 1. The van der Waals surface area contributed by atoms with Gasteiger partial charge in [-0.05, 0) is 24.8 Å². The molecule has 0 saturated carbocycles. The third-order valence-corrected chi connectivity index (χ3v) is 5.95. The highest BCUT2D eigenvalue weighted by molar-refractivity contribution is 7.91. The maximum atomic E-state index is 12.2. The van der Waals surface area contributed by atoms with E-state index in [1.807, 2.05) is 18.2 Å². The minimum Gasteiger partial charge on any atom is -0.338 e. The van der Waals surface area contributed by atoms with Crippen molar-refractivity contribution >= 4 is 15.9 Å². The van der Waals surface area contributed by atoms with Crippen molar-refractivity contribution in [1.29, 1.82) is 0 Å². The highest BCUT2D eigenvalue weighted by Gasteiger charge is 2.30. The van der Waals surface area contributed by atoms with Gasteiger partial charge in [0.2, 0.25) is 0 Å². The Balaban J connectivity index is 1.79. The lowest BCUT2D eigenvalue weighted by Crippen LogP contribution is -2.53. The molecule has 1 saturated heterocycles. The fourth-order valence-corrected chi connectivity index (χ4v) is 4.30. The summed E-state index contributed by atoms with van der Waals surface area (Å²) in [4.78, 5) is 13.8. The molecule has 1 N–H and O–H groups in total. The molecule has 122 valence electrons. The molecule has 1 heterocycles. The molecule has 2 amide bonds. The maximum absolute atomic E-state index is 12.2. The number of rotatable bonds is 4. The summed E-state index contributed by atoms with van der Waals surface area (Å²) in [5.74, 6) is 0.493. The molecule has 0 unspecified atom stereocenters. The summed E-state index contributed by atoms with van der Waals surface area (Å²) in [5, 5.41) is 2.90. The third-order valence-electron chi connectivity index (χ3n) is 4.15. The van der Waals surface area contributed by atoms with E-state index in [1.54, 1.807) is 11.8 Å². The van der Waals surface area contributed by atoms with Gasteiger partial charge in [0.15, 0.2) is 9.84 Å². The second kappa shape index (κ2) is 7.13. The number of hydrogen-bond donors (Lipinski definition) is 1. The summed E-state index contributed by atoms with van der Waals surface area (Å²) in [7, 11) is -2.99. The molecule has 1 aromatic carbocycles. The fraction of sp³-hybridized carbons (Fsp3) is 0.562. The van der Waals surface area contributed by atoms with Crippen molar-refractivity contribution in [3.8, 4) is 0 Å². The number of carbonyl (C=O) groups is 1. The minimum atomic E-state index is -2.99. The van der Waals surface area contributed by atoms with Crippen molar-refractivity contribution in [2.45, 2.75) is 32.2 Å². The molecule has 0 aliphatic carbocycles. The van der Waals surface area contributed by atoms with Crippen LogP contribution in [-0.2, 0) is 9.84 Å². The average molecular weight is 324 g/mol. The van der Waals surface area contributed by atoms with E-state index in [-0.39, 0.29) is 30.1 Å². The number of benzene rings is 1. The first kappa shape index (κ1) is 16.8. The van der Waals surface area contributed by atoms with Crippen molar-refractivity contribution in [3.63, 3.8) is 0 Å². The van der Waals surface area contributed by atoms with Crippen LogP contribution in [0.2, 0.25) is 0 Å². The molecule has 22 heavy (non-hydrogen) atoms. The van der Waals surface area contributed by atoms with Crippen LogP contribution in [0.4, 0.5) is 4.79 Å². The van der Waals surface area contributed by atoms with E-state index in [1.165, 1.54) is 5.56 Å². The molecule has 1 aliphatic heterocycles. The third kappa shape index (κ3) is 4.47. The Kier molecular flexibility index (Phi) is 5.45. The van der Waals surface area contributed by atoms with Gasteiger partial charge in [0.05, 0.1) is 11.5 Å². The van der Waals surface area contributed by atoms with E-state index >= 15 is 0 Å². The quantitative estimate of drug-likeness (QED) is 0.921. The SMILES string of the molecule is C[C@@H]1CS(=O)(=O)CCN1C(=O)NCC[C@H](C)c1ccccc1. The van der Waals surface area contributed by atoms with Gasteiger partial charge in [-0.1, -0.05) is 37.3 Å². The van der Waals surface area contributed by atoms with Gasteiger partial charge in [0.25, 0.3) is 0 Å². The average Bonchev–Trinajstić information content (AvgIpc) is 2.47. The van der Waals surface area contributed by atoms with Crippen LogP contribution < -0.4 is 5.32 Å². The molecule has 0 bridgehead atoms. The Hall–Kier alpha value is -1.56. The normalized spacial score (nSPS) is 22.1. The van der Waals surface area contributed by atoms with Crippen molar-refractivity contribution in [2.24, 2.45) is 0 Å². The Morgan fingerprint density at radius 1 is 1.36 bits per heavy atom. The monoisotopic (exact) mass is 324 g/mol. The Bertz CT molecular complexity index is 601. The molecular weight excluding hydrogens is 300 g/mol. The molecule has 0 spiro atoms. The van der Waals surface area contributed by atoms with Gasteiger partial charge in [-0.3, -0.25) is 0 Å². The molecule has 1 aliphatic rings. The first-order valence-electron chi connectivity index (χ1n) is 7.69. The van der Waals surface area contributed by atoms with Crippen LogP contribution in [0.25, 0.3) is 0 Å². The van der Waals surface area contributed by atoms with Gasteiger partial charge >= 0.3 is 6.03 Å². The summed E-state index contributed by atoms with van der Waals surface area (Å²) in [6, 6.07) is 9.77. The Morgan fingerprint density at radius 2 is 2.05 bits per heavy atom. The summed E-state index contributed by atoms with van der Waals surface area (Å²) >= 11 is 0. The molecule has 0 aromatic heterocycles. The van der Waals surface area contributed by atoms with Gasteiger partial charge in [-0.15, -0.1) is 0 Å². The smallest absolute Gasteiger partial charge is 0.317 e. The summed E-state index contributed by atoms with van der Waals surface area (Å²) in [6.45, 7) is 4.79. The summed E-state index contributed by atoms with van der Waals surface area (Å²) in [5.41, 5.74) is 1.26. The number of sulfone groups is 1. The zero-order valence-electron chi connectivity index (χ0n) is 13.2. The van der Waals surface area contributed by atoms with E-state index in [4.69, 9.17) is 0 Å². The van der Waals surface area contributed by atoms with E-state index in [9.17, 15) is 13.2 Å². The minimum absolute atomic E-state index is 0.0564. The number of nitrogens with zero attached hydrogens (tertiary/aromatic N) is 1. The lowest BCUT2D eigenvalue weighted by Gasteiger charge is -2.33.